The van der Waals surface area contributed by atoms with Gasteiger partial charge in [-0.15, -0.1) is 0 Å². The van der Waals surface area contributed by atoms with Crippen LogP contribution in [-0.4, -0.2) is 11.9 Å². The van der Waals surface area contributed by atoms with Crippen LogP contribution in [0.15, 0.2) is 42.5 Å². The fourth-order valence-electron chi connectivity index (χ4n) is 2.09. The van der Waals surface area contributed by atoms with E-state index >= 15 is 0 Å². The van der Waals surface area contributed by atoms with Crippen molar-refractivity contribution in [2.75, 3.05) is 17.4 Å². The molecular weight excluding hydrogens is 284 g/mol. The molecule has 4 nitrogen and oxygen atoms in total. The minimum absolute atomic E-state index is 0.269. The molecular formula is C16H16N2O2S. The number of benzene rings is 2. The highest BCUT2D eigenvalue weighted by Crippen LogP contribution is 2.34. The standard InChI is InChI=1S/C16H16N2O2S/c1-2-11-3-5-12(6-4-11)17-16(21)18-13-7-8-14-15(9-13)20-10-19-14/h3-9H,2,10H2,1H3,(H2,17,18,21). The Bertz CT molecular complexity index is 656. The summed E-state index contributed by atoms with van der Waals surface area (Å²) in [6.07, 6.45) is 1.03. The normalized spacial score (nSPS) is 12.0. The monoisotopic (exact) mass is 300 g/mol. The molecule has 1 aliphatic heterocycles. The second kappa shape index (κ2) is 6.01. The maximum Gasteiger partial charge on any atom is 0.231 e. The Hall–Kier alpha value is -2.27. The molecule has 0 amide bonds. The van der Waals surface area contributed by atoms with Crippen LogP contribution < -0.4 is 20.1 Å². The summed E-state index contributed by atoms with van der Waals surface area (Å²) in [4.78, 5) is 0. The van der Waals surface area contributed by atoms with Gasteiger partial charge < -0.3 is 20.1 Å². The molecule has 2 aromatic rings. The minimum Gasteiger partial charge on any atom is -0.454 e. The molecule has 108 valence electrons. The van der Waals surface area contributed by atoms with Gasteiger partial charge in [-0.05, 0) is 48.5 Å². The van der Waals surface area contributed by atoms with E-state index in [9.17, 15) is 0 Å². The molecule has 2 N–H and O–H groups in total. The summed E-state index contributed by atoms with van der Waals surface area (Å²) in [6, 6.07) is 13.9. The van der Waals surface area contributed by atoms with Crippen LogP contribution in [0.5, 0.6) is 11.5 Å². The Morgan fingerprint density at radius 1 is 1.00 bits per heavy atom. The van der Waals surface area contributed by atoms with E-state index < -0.39 is 0 Å². The number of anilines is 2. The number of hydrogen-bond acceptors (Lipinski definition) is 3. The third kappa shape index (κ3) is 3.25. The summed E-state index contributed by atoms with van der Waals surface area (Å²) >= 11 is 5.31. The summed E-state index contributed by atoms with van der Waals surface area (Å²) in [7, 11) is 0. The first kappa shape index (κ1) is 13.7. The van der Waals surface area contributed by atoms with E-state index in [1.807, 2.05) is 30.3 Å². The fourth-order valence-corrected chi connectivity index (χ4v) is 2.33. The molecule has 0 saturated heterocycles. The molecule has 1 heterocycles. The lowest BCUT2D eigenvalue weighted by Crippen LogP contribution is -2.18. The number of rotatable bonds is 3. The zero-order chi connectivity index (χ0) is 14.7. The summed E-state index contributed by atoms with van der Waals surface area (Å²) in [5.41, 5.74) is 3.13. The lowest BCUT2D eigenvalue weighted by atomic mass is 10.1. The maximum absolute atomic E-state index is 5.34. The van der Waals surface area contributed by atoms with Gasteiger partial charge in [0.2, 0.25) is 6.79 Å². The highest BCUT2D eigenvalue weighted by atomic mass is 32.1. The molecule has 2 aromatic carbocycles. The van der Waals surface area contributed by atoms with Gasteiger partial charge in [-0.2, -0.15) is 0 Å². The predicted octanol–water partition coefficient (Wildman–Crippen LogP) is 3.79. The smallest absolute Gasteiger partial charge is 0.231 e. The first-order chi connectivity index (χ1) is 10.2. The predicted molar refractivity (Wildman–Crippen MR) is 88.2 cm³/mol. The number of ether oxygens (including phenoxy) is 2. The molecule has 0 saturated carbocycles. The number of thiocarbonyl (C=S) groups is 1. The van der Waals surface area contributed by atoms with Gasteiger partial charge in [0.15, 0.2) is 16.6 Å². The Morgan fingerprint density at radius 2 is 1.67 bits per heavy atom. The van der Waals surface area contributed by atoms with Crippen LogP contribution in [0.1, 0.15) is 12.5 Å². The lowest BCUT2D eigenvalue weighted by Gasteiger charge is -2.11. The van der Waals surface area contributed by atoms with Gasteiger partial charge in [0.05, 0.1) is 0 Å². The molecule has 1 aliphatic rings. The number of hydrogen-bond donors (Lipinski definition) is 2. The van der Waals surface area contributed by atoms with Crippen LogP contribution in [0.25, 0.3) is 0 Å². The molecule has 0 bridgehead atoms. The quantitative estimate of drug-likeness (QED) is 0.844. The first-order valence-electron chi connectivity index (χ1n) is 6.81. The van der Waals surface area contributed by atoms with Crippen molar-refractivity contribution < 1.29 is 9.47 Å². The molecule has 21 heavy (non-hydrogen) atoms. The van der Waals surface area contributed by atoms with E-state index in [2.05, 4.69) is 29.7 Å². The van der Waals surface area contributed by atoms with E-state index in [0.29, 0.717) is 5.11 Å². The molecule has 0 spiro atoms. The summed E-state index contributed by atoms with van der Waals surface area (Å²) in [5.74, 6) is 1.49. The van der Waals surface area contributed by atoms with Gasteiger partial charge in [-0.3, -0.25) is 0 Å². The van der Waals surface area contributed by atoms with Crippen molar-refractivity contribution in [2.45, 2.75) is 13.3 Å². The highest BCUT2D eigenvalue weighted by molar-refractivity contribution is 7.80. The number of aryl methyl sites for hydroxylation is 1. The Balaban J connectivity index is 1.63. The summed E-state index contributed by atoms with van der Waals surface area (Å²) < 4.78 is 10.6. The van der Waals surface area contributed by atoms with Gasteiger partial charge in [-0.1, -0.05) is 19.1 Å². The number of nitrogens with one attached hydrogen (secondary N) is 2. The Morgan fingerprint density at radius 3 is 2.43 bits per heavy atom. The van der Waals surface area contributed by atoms with E-state index in [-0.39, 0.29) is 6.79 Å². The topological polar surface area (TPSA) is 42.5 Å². The van der Waals surface area contributed by atoms with Crippen molar-refractivity contribution in [1.29, 1.82) is 0 Å². The molecule has 0 aliphatic carbocycles. The van der Waals surface area contributed by atoms with Crippen LogP contribution in [0, 0.1) is 0 Å². The molecule has 5 heteroatoms. The second-order valence-corrected chi connectivity index (χ2v) is 5.11. The zero-order valence-electron chi connectivity index (χ0n) is 11.7. The van der Waals surface area contributed by atoms with Gasteiger partial charge in [0.1, 0.15) is 0 Å². The zero-order valence-corrected chi connectivity index (χ0v) is 12.5. The van der Waals surface area contributed by atoms with Crippen molar-refractivity contribution in [3.8, 4) is 11.5 Å². The second-order valence-electron chi connectivity index (χ2n) is 4.70. The van der Waals surface area contributed by atoms with Gasteiger partial charge in [-0.25, -0.2) is 0 Å². The van der Waals surface area contributed by atoms with Crippen LogP contribution >= 0.6 is 12.2 Å². The lowest BCUT2D eigenvalue weighted by molar-refractivity contribution is 0.174. The van der Waals surface area contributed by atoms with Gasteiger partial charge >= 0.3 is 0 Å². The highest BCUT2D eigenvalue weighted by Gasteiger charge is 2.13. The van der Waals surface area contributed by atoms with Crippen molar-refractivity contribution in [1.82, 2.24) is 0 Å². The van der Waals surface area contributed by atoms with Gasteiger partial charge in [0.25, 0.3) is 0 Å². The van der Waals surface area contributed by atoms with Crippen LogP contribution in [-0.2, 0) is 6.42 Å². The maximum atomic E-state index is 5.34. The molecule has 0 aromatic heterocycles. The molecule has 3 rings (SSSR count). The van der Waals surface area contributed by atoms with Crippen LogP contribution in [0.4, 0.5) is 11.4 Å². The Kier molecular flexibility index (Phi) is 3.92. The molecule has 0 fully saturated rings. The summed E-state index contributed by atoms with van der Waals surface area (Å²) in [5, 5.41) is 6.83. The number of fused-ring (bicyclic) bond motifs is 1. The molecule has 0 unspecified atom stereocenters. The van der Waals surface area contributed by atoms with E-state index in [1.54, 1.807) is 0 Å². The van der Waals surface area contributed by atoms with Crippen LogP contribution in [0.3, 0.4) is 0 Å². The third-order valence-electron chi connectivity index (χ3n) is 3.25. The third-order valence-corrected chi connectivity index (χ3v) is 3.45. The average Bonchev–Trinajstić information content (AvgIpc) is 2.95. The Labute approximate surface area is 129 Å². The van der Waals surface area contributed by atoms with Gasteiger partial charge in [0, 0.05) is 17.4 Å². The van der Waals surface area contributed by atoms with Crippen molar-refractivity contribution >= 4 is 28.7 Å². The fraction of sp³-hybridized carbons (Fsp3) is 0.188. The van der Waals surface area contributed by atoms with Crippen LogP contribution in [0.2, 0.25) is 0 Å². The first-order valence-corrected chi connectivity index (χ1v) is 7.22. The van der Waals surface area contributed by atoms with Crippen molar-refractivity contribution in [3.05, 3.63) is 48.0 Å². The van der Waals surface area contributed by atoms with E-state index in [1.165, 1.54) is 5.56 Å². The molecule has 0 radical (unpaired) electrons. The summed E-state index contributed by atoms with van der Waals surface area (Å²) in [6.45, 7) is 2.40. The van der Waals surface area contributed by atoms with Crippen molar-refractivity contribution in [3.63, 3.8) is 0 Å². The van der Waals surface area contributed by atoms with Crippen molar-refractivity contribution in [2.24, 2.45) is 0 Å². The largest absolute Gasteiger partial charge is 0.454 e. The minimum atomic E-state index is 0.269. The average molecular weight is 300 g/mol. The van der Waals surface area contributed by atoms with E-state index in [0.717, 1.165) is 29.3 Å². The van der Waals surface area contributed by atoms with E-state index in [4.69, 9.17) is 21.7 Å². The SMILES string of the molecule is CCc1ccc(NC(=S)Nc2ccc3c(c2)OCO3)cc1. The molecule has 0 atom stereocenters.